The molecule has 0 aromatic carbocycles. The van der Waals surface area contributed by atoms with Gasteiger partial charge in [0.1, 0.15) is 5.60 Å². The molecule has 1 amide bonds. The highest BCUT2D eigenvalue weighted by Crippen LogP contribution is 2.40. The summed E-state index contributed by atoms with van der Waals surface area (Å²) in [6.07, 6.45) is 0.115. The first-order valence-electron chi connectivity index (χ1n) is 7.08. The summed E-state index contributed by atoms with van der Waals surface area (Å²) in [5.41, 5.74) is -0.713. The number of carbonyl (C=O) groups excluding carboxylic acids is 2. The molecule has 0 N–H and O–H groups in total. The van der Waals surface area contributed by atoms with Gasteiger partial charge in [0, 0.05) is 18.8 Å². The third-order valence-corrected chi connectivity index (χ3v) is 3.89. The molecule has 6 heteroatoms. The maximum Gasteiger partial charge on any atom is 0.411 e. The fourth-order valence-electron chi connectivity index (χ4n) is 2.52. The van der Waals surface area contributed by atoms with E-state index in [9.17, 15) is 9.59 Å². The molecule has 1 aliphatic heterocycles. The number of halogens is 1. The van der Waals surface area contributed by atoms with Crippen LogP contribution in [-0.2, 0) is 14.3 Å². The number of rotatable bonds is 4. The summed E-state index contributed by atoms with van der Waals surface area (Å²) in [4.78, 5) is 26.3. The van der Waals surface area contributed by atoms with Crippen molar-refractivity contribution in [3.63, 3.8) is 0 Å². The van der Waals surface area contributed by atoms with Crippen molar-refractivity contribution in [2.24, 2.45) is 0 Å². The van der Waals surface area contributed by atoms with Gasteiger partial charge in [0.25, 0.3) is 0 Å². The summed E-state index contributed by atoms with van der Waals surface area (Å²) in [6.45, 7) is 13.5. The van der Waals surface area contributed by atoms with E-state index >= 15 is 0 Å². The molecule has 0 aromatic rings. The van der Waals surface area contributed by atoms with Crippen LogP contribution in [0.25, 0.3) is 0 Å². The summed E-state index contributed by atoms with van der Waals surface area (Å²) in [6, 6.07) is 0. The number of carbonyl (C=O) groups is 2. The Morgan fingerprint density at radius 1 is 1.41 bits per heavy atom. The topological polar surface area (TPSA) is 55.8 Å². The minimum absolute atomic E-state index is 0.182. The smallest absolute Gasteiger partial charge is 0.411 e. The van der Waals surface area contributed by atoms with E-state index < -0.39 is 23.2 Å². The van der Waals surface area contributed by atoms with E-state index in [4.69, 9.17) is 21.1 Å². The molecule has 0 spiro atoms. The maximum atomic E-state index is 12.5. The summed E-state index contributed by atoms with van der Waals surface area (Å²) in [5.74, 6) is -0.360. The molecule has 5 nitrogen and oxygen atoms in total. The molecular formula is C16H24ClNO4. The number of likely N-dealkylation sites (tertiary alicyclic amines) is 1. The highest BCUT2D eigenvalue weighted by atomic mass is 35.5. The lowest BCUT2D eigenvalue weighted by Crippen LogP contribution is -2.55. The van der Waals surface area contributed by atoms with Gasteiger partial charge in [-0.15, -0.1) is 11.6 Å². The summed E-state index contributed by atoms with van der Waals surface area (Å²) < 4.78 is 10.3. The van der Waals surface area contributed by atoms with Crippen LogP contribution in [0, 0.1) is 0 Å². The molecule has 0 bridgehead atoms. The number of methoxy groups -OCH3 is 1. The molecule has 1 fully saturated rings. The molecular weight excluding hydrogens is 306 g/mol. The van der Waals surface area contributed by atoms with Gasteiger partial charge in [-0.1, -0.05) is 18.7 Å². The predicted octanol–water partition coefficient (Wildman–Crippen LogP) is 3.28. The van der Waals surface area contributed by atoms with E-state index in [1.165, 1.54) is 12.0 Å². The lowest BCUT2D eigenvalue weighted by Gasteiger charge is -2.37. The highest BCUT2D eigenvalue weighted by Gasteiger charge is 2.54. The Kier molecular flexibility index (Phi) is 5.68. The second-order valence-electron chi connectivity index (χ2n) is 6.40. The number of ether oxygens (including phenoxy) is 2. The van der Waals surface area contributed by atoms with E-state index in [1.807, 2.05) is 0 Å². The van der Waals surface area contributed by atoms with Crippen LogP contribution in [-0.4, -0.2) is 47.6 Å². The highest BCUT2D eigenvalue weighted by molar-refractivity contribution is 6.19. The summed E-state index contributed by atoms with van der Waals surface area (Å²) in [7, 11) is 1.28. The van der Waals surface area contributed by atoms with Crippen LogP contribution in [0.15, 0.2) is 24.3 Å². The van der Waals surface area contributed by atoms with Crippen LogP contribution in [0.3, 0.4) is 0 Å². The van der Waals surface area contributed by atoms with Gasteiger partial charge in [-0.25, -0.2) is 9.59 Å². The normalized spacial score (nSPS) is 21.7. The van der Waals surface area contributed by atoms with Gasteiger partial charge in [0.2, 0.25) is 0 Å². The first-order chi connectivity index (χ1) is 10.1. The molecule has 0 saturated carbocycles. The van der Waals surface area contributed by atoms with Gasteiger partial charge in [-0.2, -0.15) is 0 Å². The molecule has 1 heterocycles. The van der Waals surface area contributed by atoms with E-state index in [0.717, 1.165) is 0 Å². The Labute approximate surface area is 136 Å². The van der Waals surface area contributed by atoms with E-state index in [-0.39, 0.29) is 12.3 Å². The fourth-order valence-corrected chi connectivity index (χ4v) is 2.62. The Morgan fingerprint density at radius 2 is 2.00 bits per heavy atom. The zero-order valence-corrected chi connectivity index (χ0v) is 14.5. The molecule has 1 rings (SSSR count). The van der Waals surface area contributed by atoms with Crippen LogP contribution in [0.4, 0.5) is 4.79 Å². The quantitative estimate of drug-likeness (QED) is 0.451. The zero-order valence-electron chi connectivity index (χ0n) is 13.7. The van der Waals surface area contributed by atoms with Crippen molar-refractivity contribution in [1.82, 2.24) is 4.90 Å². The molecule has 22 heavy (non-hydrogen) atoms. The number of amides is 1. The van der Waals surface area contributed by atoms with Crippen LogP contribution in [0.1, 0.15) is 33.6 Å². The first kappa shape index (κ1) is 18.6. The largest absolute Gasteiger partial charge is 0.467 e. The van der Waals surface area contributed by atoms with Crippen molar-refractivity contribution < 1.29 is 19.1 Å². The Bertz CT molecular complexity index is 495. The number of hydrogen-bond donors (Lipinski definition) is 0. The second-order valence-corrected chi connectivity index (χ2v) is 6.67. The average molecular weight is 330 g/mol. The molecule has 1 atom stereocenters. The number of alkyl halides is 1. The van der Waals surface area contributed by atoms with Crippen LogP contribution in [0.5, 0.6) is 0 Å². The Morgan fingerprint density at radius 3 is 2.45 bits per heavy atom. The van der Waals surface area contributed by atoms with Crippen molar-refractivity contribution >= 4 is 23.7 Å². The van der Waals surface area contributed by atoms with Crippen molar-refractivity contribution in [2.75, 3.05) is 19.5 Å². The van der Waals surface area contributed by atoms with Crippen LogP contribution >= 0.6 is 11.6 Å². The molecule has 1 saturated heterocycles. The van der Waals surface area contributed by atoms with Gasteiger partial charge in [-0.05, 0) is 32.8 Å². The third-order valence-electron chi connectivity index (χ3n) is 3.51. The fraction of sp³-hybridized carbons (Fsp3) is 0.625. The SMILES string of the molecule is C=C(CCl)CC1(C(=O)OC)C(=C)CCN1C(=O)OC(C)(C)C. The minimum Gasteiger partial charge on any atom is -0.467 e. The second kappa shape index (κ2) is 6.73. The van der Waals surface area contributed by atoms with Crippen LogP contribution in [0.2, 0.25) is 0 Å². The molecule has 1 aliphatic rings. The van der Waals surface area contributed by atoms with E-state index in [0.29, 0.717) is 24.1 Å². The maximum absolute atomic E-state index is 12.5. The first-order valence-corrected chi connectivity index (χ1v) is 7.62. The Balaban J connectivity index is 3.23. The minimum atomic E-state index is -1.29. The molecule has 1 unspecified atom stereocenters. The van der Waals surface area contributed by atoms with Crippen molar-refractivity contribution in [3.05, 3.63) is 24.3 Å². The van der Waals surface area contributed by atoms with Gasteiger partial charge >= 0.3 is 12.1 Å². The number of nitrogens with zero attached hydrogens (tertiary/aromatic N) is 1. The van der Waals surface area contributed by atoms with E-state index in [1.54, 1.807) is 20.8 Å². The predicted molar refractivity (Wildman–Crippen MR) is 85.9 cm³/mol. The number of esters is 1. The molecule has 0 aromatic heterocycles. The van der Waals surface area contributed by atoms with Gasteiger partial charge < -0.3 is 9.47 Å². The lowest BCUT2D eigenvalue weighted by molar-refractivity contribution is -0.151. The van der Waals surface area contributed by atoms with Gasteiger partial charge in [-0.3, -0.25) is 4.90 Å². The van der Waals surface area contributed by atoms with Crippen molar-refractivity contribution in [3.8, 4) is 0 Å². The monoisotopic (exact) mass is 329 g/mol. The van der Waals surface area contributed by atoms with E-state index in [2.05, 4.69) is 13.2 Å². The van der Waals surface area contributed by atoms with Crippen molar-refractivity contribution in [2.45, 2.75) is 44.8 Å². The third kappa shape index (κ3) is 3.64. The number of hydrogen-bond acceptors (Lipinski definition) is 4. The Hall–Kier alpha value is -1.49. The molecule has 124 valence electrons. The molecule has 0 aliphatic carbocycles. The zero-order chi connectivity index (χ0) is 17.1. The molecule has 0 radical (unpaired) electrons. The summed E-state index contributed by atoms with van der Waals surface area (Å²) >= 11 is 5.81. The average Bonchev–Trinajstić information content (AvgIpc) is 2.74. The lowest BCUT2D eigenvalue weighted by atomic mass is 9.85. The van der Waals surface area contributed by atoms with Gasteiger partial charge in [0.05, 0.1) is 7.11 Å². The summed E-state index contributed by atoms with van der Waals surface area (Å²) in [5, 5.41) is 0. The van der Waals surface area contributed by atoms with Crippen molar-refractivity contribution in [1.29, 1.82) is 0 Å². The standard InChI is InChI=1S/C16H24ClNO4/c1-11(10-17)9-16(13(19)21-6)12(2)7-8-18(16)14(20)22-15(3,4)5/h1-2,7-10H2,3-6H3. The van der Waals surface area contributed by atoms with Gasteiger partial charge in [0.15, 0.2) is 5.54 Å². The van der Waals surface area contributed by atoms with Crippen LogP contribution < -0.4 is 0 Å².